The van der Waals surface area contributed by atoms with Crippen molar-refractivity contribution in [3.63, 3.8) is 0 Å². The minimum atomic E-state index is 1.13. The molecule has 0 N–H and O–H groups in total. The number of rotatable bonds is 3. The van der Waals surface area contributed by atoms with Gasteiger partial charge in [-0.05, 0) is 48.9 Å². The van der Waals surface area contributed by atoms with Crippen molar-refractivity contribution in [2.24, 2.45) is 0 Å². The van der Waals surface area contributed by atoms with Crippen LogP contribution in [0.15, 0.2) is 18.2 Å². The van der Waals surface area contributed by atoms with Crippen LogP contribution in [0.1, 0.15) is 43.0 Å². The lowest BCUT2D eigenvalue weighted by molar-refractivity contribution is 1.01. The van der Waals surface area contributed by atoms with E-state index in [1.807, 2.05) is 0 Å². The Labute approximate surface area is 87.7 Å². The molecule has 76 valence electrons. The van der Waals surface area contributed by atoms with Crippen LogP contribution >= 0.6 is 0 Å². The molecule has 0 aromatic heterocycles. The standard InChI is InChI=1S/C14H20/c1-5-8-12-10-9-11(4)13(6-2)14(12)7-3/h5,8-10H,6-7H2,1-4H3. The minimum Gasteiger partial charge on any atom is -0.0871 e. The van der Waals surface area contributed by atoms with E-state index in [0.717, 1.165) is 12.8 Å². The van der Waals surface area contributed by atoms with Crippen LogP contribution in [0.3, 0.4) is 0 Å². The largest absolute Gasteiger partial charge is 0.0871 e. The van der Waals surface area contributed by atoms with E-state index in [-0.39, 0.29) is 0 Å². The molecule has 0 radical (unpaired) electrons. The molecule has 0 heterocycles. The Balaban J connectivity index is 3.32. The summed E-state index contributed by atoms with van der Waals surface area (Å²) < 4.78 is 0. The van der Waals surface area contributed by atoms with E-state index in [2.05, 4.69) is 52.0 Å². The van der Waals surface area contributed by atoms with Crippen LogP contribution in [-0.4, -0.2) is 0 Å². The van der Waals surface area contributed by atoms with Gasteiger partial charge in [-0.1, -0.05) is 38.1 Å². The summed E-state index contributed by atoms with van der Waals surface area (Å²) in [6.07, 6.45) is 6.59. The Hall–Kier alpha value is -1.04. The molecule has 14 heavy (non-hydrogen) atoms. The van der Waals surface area contributed by atoms with Gasteiger partial charge in [-0.2, -0.15) is 0 Å². The number of aryl methyl sites for hydroxylation is 1. The maximum absolute atomic E-state index is 2.24. The second-order valence-corrected chi connectivity index (χ2v) is 3.64. The summed E-state index contributed by atoms with van der Waals surface area (Å²) in [7, 11) is 0. The van der Waals surface area contributed by atoms with Crippen LogP contribution in [0, 0.1) is 6.92 Å². The minimum absolute atomic E-state index is 1.13. The van der Waals surface area contributed by atoms with Gasteiger partial charge in [0.1, 0.15) is 0 Å². The Kier molecular flexibility index (Phi) is 3.94. The fourth-order valence-electron chi connectivity index (χ4n) is 2.07. The summed E-state index contributed by atoms with van der Waals surface area (Å²) in [6.45, 7) is 8.75. The first-order valence-electron chi connectivity index (χ1n) is 5.48. The van der Waals surface area contributed by atoms with Crippen LogP contribution in [0.4, 0.5) is 0 Å². The molecule has 0 aliphatic rings. The van der Waals surface area contributed by atoms with Gasteiger partial charge < -0.3 is 0 Å². The molecule has 0 fully saturated rings. The molecular formula is C14H20. The van der Waals surface area contributed by atoms with Crippen LogP contribution in [-0.2, 0) is 12.8 Å². The first-order chi connectivity index (χ1) is 6.74. The first kappa shape index (κ1) is 11.0. The van der Waals surface area contributed by atoms with E-state index in [1.54, 1.807) is 0 Å². The zero-order valence-corrected chi connectivity index (χ0v) is 9.72. The summed E-state index contributed by atoms with van der Waals surface area (Å²) in [5.74, 6) is 0. The molecule has 1 aromatic carbocycles. The van der Waals surface area contributed by atoms with Crippen LogP contribution in [0.2, 0.25) is 0 Å². The molecule has 1 aromatic rings. The Morgan fingerprint density at radius 3 is 2.21 bits per heavy atom. The number of hydrogen-bond acceptors (Lipinski definition) is 0. The monoisotopic (exact) mass is 188 g/mol. The van der Waals surface area contributed by atoms with E-state index >= 15 is 0 Å². The van der Waals surface area contributed by atoms with Crippen molar-refractivity contribution in [3.05, 3.63) is 40.5 Å². The summed E-state index contributed by atoms with van der Waals surface area (Å²) in [5, 5.41) is 0. The quantitative estimate of drug-likeness (QED) is 0.668. The summed E-state index contributed by atoms with van der Waals surface area (Å²) >= 11 is 0. The number of benzene rings is 1. The van der Waals surface area contributed by atoms with E-state index in [0.29, 0.717) is 0 Å². The lowest BCUT2D eigenvalue weighted by Gasteiger charge is -2.12. The molecule has 0 unspecified atom stereocenters. The van der Waals surface area contributed by atoms with Crippen molar-refractivity contribution in [1.82, 2.24) is 0 Å². The van der Waals surface area contributed by atoms with Gasteiger partial charge in [0.15, 0.2) is 0 Å². The third-order valence-corrected chi connectivity index (χ3v) is 2.75. The predicted octanol–water partition coefficient (Wildman–Crippen LogP) is 4.15. The lowest BCUT2D eigenvalue weighted by atomic mass is 9.93. The van der Waals surface area contributed by atoms with Gasteiger partial charge in [-0.25, -0.2) is 0 Å². The van der Waals surface area contributed by atoms with E-state index in [1.165, 1.54) is 22.3 Å². The molecule has 0 aliphatic carbocycles. The van der Waals surface area contributed by atoms with E-state index in [9.17, 15) is 0 Å². The molecule has 0 aliphatic heterocycles. The fourth-order valence-corrected chi connectivity index (χ4v) is 2.07. The molecule has 0 nitrogen and oxygen atoms in total. The third kappa shape index (κ3) is 2.06. The maximum atomic E-state index is 2.24. The van der Waals surface area contributed by atoms with Crippen molar-refractivity contribution in [3.8, 4) is 0 Å². The molecule has 1 rings (SSSR count). The molecule has 0 saturated heterocycles. The average molecular weight is 188 g/mol. The van der Waals surface area contributed by atoms with Gasteiger partial charge in [0.05, 0.1) is 0 Å². The SMILES string of the molecule is CC=Cc1ccc(C)c(CC)c1CC. The van der Waals surface area contributed by atoms with Gasteiger partial charge in [-0.3, -0.25) is 0 Å². The van der Waals surface area contributed by atoms with E-state index in [4.69, 9.17) is 0 Å². The van der Waals surface area contributed by atoms with Gasteiger partial charge >= 0.3 is 0 Å². The van der Waals surface area contributed by atoms with Crippen molar-refractivity contribution in [2.45, 2.75) is 40.5 Å². The van der Waals surface area contributed by atoms with Crippen LogP contribution < -0.4 is 0 Å². The highest BCUT2D eigenvalue weighted by Gasteiger charge is 2.05. The van der Waals surface area contributed by atoms with Crippen molar-refractivity contribution in [2.75, 3.05) is 0 Å². The second-order valence-electron chi connectivity index (χ2n) is 3.64. The average Bonchev–Trinajstić information content (AvgIpc) is 2.20. The highest BCUT2D eigenvalue weighted by molar-refractivity contribution is 5.57. The molecule has 0 heteroatoms. The highest BCUT2D eigenvalue weighted by atomic mass is 14.1. The smallest absolute Gasteiger partial charge is 0.0225 e. The predicted molar refractivity (Wildman–Crippen MR) is 64.6 cm³/mol. The summed E-state index contributed by atoms with van der Waals surface area (Å²) in [6, 6.07) is 4.46. The topological polar surface area (TPSA) is 0 Å². The Bertz CT molecular complexity index is 332. The lowest BCUT2D eigenvalue weighted by Crippen LogP contribution is -1.97. The van der Waals surface area contributed by atoms with Crippen LogP contribution in [0.5, 0.6) is 0 Å². The van der Waals surface area contributed by atoms with Gasteiger partial charge in [0.2, 0.25) is 0 Å². The molecular weight excluding hydrogens is 168 g/mol. The van der Waals surface area contributed by atoms with Gasteiger partial charge in [0.25, 0.3) is 0 Å². The van der Waals surface area contributed by atoms with E-state index < -0.39 is 0 Å². The molecule has 0 spiro atoms. The van der Waals surface area contributed by atoms with Crippen LogP contribution in [0.25, 0.3) is 6.08 Å². The number of hydrogen-bond donors (Lipinski definition) is 0. The molecule has 0 atom stereocenters. The zero-order valence-electron chi connectivity index (χ0n) is 9.72. The second kappa shape index (κ2) is 4.99. The first-order valence-corrected chi connectivity index (χ1v) is 5.48. The highest BCUT2D eigenvalue weighted by Crippen LogP contribution is 2.21. The fraction of sp³-hybridized carbons (Fsp3) is 0.429. The maximum Gasteiger partial charge on any atom is -0.0225 e. The summed E-state index contributed by atoms with van der Waals surface area (Å²) in [5.41, 5.74) is 5.86. The third-order valence-electron chi connectivity index (χ3n) is 2.75. The summed E-state index contributed by atoms with van der Waals surface area (Å²) in [4.78, 5) is 0. The van der Waals surface area contributed by atoms with Crippen molar-refractivity contribution in [1.29, 1.82) is 0 Å². The zero-order chi connectivity index (χ0) is 10.6. The normalized spacial score (nSPS) is 11.1. The Morgan fingerprint density at radius 1 is 1.07 bits per heavy atom. The van der Waals surface area contributed by atoms with Gasteiger partial charge in [-0.15, -0.1) is 0 Å². The van der Waals surface area contributed by atoms with Gasteiger partial charge in [0, 0.05) is 0 Å². The molecule has 0 bridgehead atoms. The number of allylic oxidation sites excluding steroid dienone is 1. The van der Waals surface area contributed by atoms with Crippen molar-refractivity contribution >= 4 is 6.08 Å². The molecule has 0 saturated carbocycles. The molecule has 0 amide bonds. The van der Waals surface area contributed by atoms with Crippen molar-refractivity contribution < 1.29 is 0 Å². The Morgan fingerprint density at radius 2 is 1.71 bits per heavy atom.